The third kappa shape index (κ3) is 6.81. The second kappa shape index (κ2) is 12.0. The molecular weight excluding hydrogens is 502 g/mol. The topological polar surface area (TPSA) is 182 Å². The van der Waals surface area contributed by atoms with Crippen LogP contribution in [0.4, 0.5) is 0 Å². The molecule has 1 aliphatic rings. The molecule has 1 aromatic rings. The number of thioether (sulfide) groups is 1. The van der Waals surface area contributed by atoms with Gasteiger partial charge in [-0.3, -0.25) is 38.1 Å². The highest BCUT2D eigenvalue weighted by Gasteiger charge is 2.51. The van der Waals surface area contributed by atoms with Gasteiger partial charge in [-0.25, -0.2) is 4.79 Å². The van der Waals surface area contributed by atoms with Crippen molar-refractivity contribution in [1.29, 1.82) is 0 Å². The molecule has 0 unspecified atom stereocenters. The van der Waals surface area contributed by atoms with Gasteiger partial charge < -0.3 is 24.1 Å². The van der Waals surface area contributed by atoms with Gasteiger partial charge in [0.15, 0.2) is 17.3 Å². The summed E-state index contributed by atoms with van der Waals surface area (Å²) >= 11 is 0.677. The average molecular weight is 530 g/mol. The summed E-state index contributed by atoms with van der Waals surface area (Å²) in [4.78, 5) is 76.0. The SMILES string of the molecule is CC(=O)OC[C@H]1O[C@@H](SC(C)=O)[C@H](N=Cc2c(O)n(C)c(=O)n(C)c2=O)[C@@H](OC(C)=O)[C@H]1OC(C)=O. The van der Waals surface area contributed by atoms with Crippen molar-refractivity contribution >= 4 is 41.0 Å². The maximum atomic E-state index is 12.6. The molecule has 0 bridgehead atoms. The van der Waals surface area contributed by atoms with E-state index in [0.29, 0.717) is 11.8 Å². The van der Waals surface area contributed by atoms with Crippen LogP contribution in [0.15, 0.2) is 14.6 Å². The standard InChI is InChI=1S/C21H27N3O11S/c1-9(25)32-8-14-16(33-10(2)26)17(34-11(3)27)15(20(35-14)36-12(4)28)22-7-13-18(29)23(5)21(31)24(6)19(13)30/h7,14-17,20,29H,8H2,1-6H3/t14-,15-,16+,17-,20+/m1/s1. The van der Waals surface area contributed by atoms with E-state index < -0.39 is 76.5 Å². The van der Waals surface area contributed by atoms with E-state index in [-0.39, 0.29) is 5.56 Å². The Kier molecular flexibility index (Phi) is 9.58. The van der Waals surface area contributed by atoms with Crippen LogP contribution in [0.2, 0.25) is 0 Å². The molecular formula is C21H27N3O11S. The van der Waals surface area contributed by atoms with Crippen LogP contribution in [0.1, 0.15) is 33.3 Å². The third-order valence-electron chi connectivity index (χ3n) is 4.99. The molecule has 2 rings (SSSR count). The number of esters is 3. The van der Waals surface area contributed by atoms with Crippen LogP contribution >= 0.6 is 11.8 Å². The lowest BCUT2D eigenvalue weighted by molar-refractivity contribution is -0.208. The second-order valence-corrected chi connectivity index (χ2v) is 9.09. The van der Waals surface area contributed by atoms with Gasteiger partial charge in [-0.15, -0.1) is 0 Å². The van der Waals surface area contributed by atoms with Crippen LogP contribution < -0.4 is 11.2 Å². The minimum Gasteiger partial charge on any atom is -0.494 e. The second-order valence-electron chi connectivity index (χ2n) is 7.81. The lowest BCUT2D eigenvalue weighted by Crippen LogP contribution is -2.60. The van der Waals surface area contributed by atoms with Gasteiger partial charge in [-0.2, -0.15) is 0 Å². The van der Waals surface area contributed by atoms with Crippen molar-refractivity contribution in [3.8, 4) is 5.88 Å². The first-order valence-corrected chi connectivity index (χ1v) is 11.4. The van der Waals surface area contributed by atoms with E-state index in [4.69, 9.17) is 18.9 Å². The molecule has 0 spiro atoms. The number of carbonyl (C=O) groups is 4. The third-order valence-corrected chi connectivity index (χ3v) is 5.95. The molecule has 0 amide bonds. The molecule has 0 saturated carbocycles. The predicted octanol–water partition coefficient (Wildman–Crippen LogP) is -0.992. The lowest BCUT2D eigenvalue weighted by atomic mass is 9.97. The quantitative estimate of drug-likeness (QED) is 0.259. The van der Waals surface area contributed by atoms with Gasteiger partial charge in [-0.05, 0) is 0 Å². The highest BCUT2D eigenvalue weighted by molar-refractivity contribution is 8.14. The molecule has 15 heteroatoms. The highest BCUT2D eigenvalue weighted by atomic mass is 32.2. The Morgan fingerprint density at radius 3 is 2.11 bits per heavy atom. The Labute approximate surface area is 209 Å². The summed E-state index contributed by atoms with van der Waals surface area (Å²) in [5.74, 6) is -2.87. The van der Waals surface area contributed by atoms with Gasteiger partial charge in [0, 0.05) is 48.0 Å². The van der Waals surface area contributed by atoms with Crippen molar-refractivity contribution in [2.24, 2.45) is 19.1 Å². The predicted molar refractivity (Wildman–Crippen MR) is 125 cm³/mol. The summed E-state index contributed by atoms with van der Waals surface area (Å²) in [6.45, 7) is 4.22. The number of aliphatic imine (C=N–C) groups is 1. The van der Waals surface area contributed by atoms with E-state index in [1.807, 2.05) is 0 Å². The van der Waals surface area contributed by atoms with Gasteiger partial charge in [0.2, 0.25) is 5.88 Å². The molecule has 1 aromatic heterocycles. The van der Waals surface area contributed by atoms with Crippen molar-refractivity contribution < 1.29 is 43.2 Å². The average Bonchev–Trinajstić information content (AvgIpc) is 2.77. The number of hydrogen-bond donors (Lipinski definition) is 1. The lowest BCUT2D eigenvalue weighted by Gasteiger charge is -2.43. The highest BCUT2D eigenvalue weighted by Crippen LogP contribution is 2.34. The van der Waals surface area contributed by atoms with E-state index in [0.717, 1.165) is 36.1 Å². The van der Waals surface area contributed by atoms with E-state index >= 15 is 0 Å². The first kappa shape index (κ1) is 28.8. The molecule has 0 aromatic carbocycles. The van der Waals surface area contributed by atoms with Crippen LogP contribution in [0, 0.1) is 0 Å². The number of ether oxygens (including phenoxy) is 4. The fourth-order valence-electron chi connectivity index (χ4n) is 3.44. The zero-order chi connectivity index (χ0) is 27.3. The molecule has 14 nitrogen and oxygen atoms in total. The number of aromatic hydroxyl groups is 1. The number of nitrogens with zero attached hydrogens (tertiary/aromatic N) is 3. The zero-order valence-corrected chi connectivity index (χ0v) is 21.3. The Hall–Kier alpha value is -3.46. The maximum absolute atomic E-state index is 12.6. The van der Waals surface area contributed by atoms with E-state index in [1.54, 1.807) is 0 Å². The largest absolute Gasteiger partial charge is 0.494 e. The Morgan fingerprint density at radius 1 is 1.00 bits per heavy atom. The molecule has 1 N–H and O–H groups in total. The number of hydrogen-bond acceptors (Lipinski definition) is 13. The van der Waals surface area contributed by atoms with Crippen molar-refractivity contribution in [3.63, 3.8) is 0 Å². The van der Waals surface area contributed by atoms with Crippen LogP contribution in [0.5, 0.6) is 5.88 Å². The van der Waals surface area contributed by atoms with Gasteiger partial charge in [-0.1, -0.05) is 11.8 Å². The van der Waals surface area contributed by atoms with E-state index in [9.17, 15) is 33.9 Å². The summed E-state index contributed by atoms with van der Waals surface area (Å²) in [5.41, 5.74) is -3.14. The van der Waals surface area contributed by atoms with Crippen LogP contribution in [-0.2, 0) is 52.2 Å². The van der Waals surface area contributed by atoms with Crippen LogP contribution in [0.25, 0.3) is 0 Å². The molecule has 0 aliphatic carbocycles. The van der Waals surface area contributed by atoms with Crippen LogP contribution in [-0.4, -0.2) is 79.9 Å². The number of rotatable bonds is 7. The van der Waals surface area contributed by atoms with Crippen LogP contribution in [0.3, 0.4) is 0 Å². The smallest absolute Gasteiger partial charge is 0.333 e. The fourth-order valence-corrected chi connectivity index (χ4v) is 4.33. The molecule has 5 atom stereocenters. The van der Waals surface area contributed by atoms with Gasteiger partial charge >= 0.3 is 23.6 Å². The summed E-state index contributed by atoms with van der Waals surface area (Å²) in [7, 11) is 2.45. The molecule has 2 heterocycles. The monoisotopic (exact) mass is 529 g/mol. The number of carbonyl (C=O) groups excluding carboxylic acids is 4. The Balaban J connectivity index is 2.64. The van der Waals surface area contributed by atoms with Gasteiger partial charge in [0.25, 0.3) is 5.56 Å². The van der Waals surface area contributed by atoms with Crippen molar-refractivity contribution in [2.45, 2.75) is 57.5 Å². The Morgan fingerprint density at radius 2 is 1.58 bits per heavy atom. The zero-order valence-electron chi connectivity index (χ0n) is 20.5. The molecule has 1 aliphatic heterocycles. The fraction of sp³-hybridized carbons (Fsp3) is 0.571. The van der Waals surface area contributed by atoms with E-state index in [2.05, 4.69) is 4.99 Å². The molecule has 0 radical (unpaired) electrons. The van der Waals surface area contributed by atoms with Gasteiger partial charge in [0.1, 0.15) is 29.8 Å². The Bertz CT molecular complexity index is 1190. The summed E-state index contributed by atoms with van der Waals surface area (Å²) in [6, 6.07) is -1.23. The normalized spacial score (nSPS) is 23.8. The van der Waals surface area contributed by atoms with Crippen molar-refractivity contribution in [2.75, 3.05) is 6.61 Å². The molecule has 1 saturated heterocycles. The first-order chi connectivity index (χ1) is 16.7. The van der Waals surface area contributed by atoms with Crippen molar-refractivity contribution in [3.05, 3.63) is 26.4 Å². The molecule has 36 heavy (non-hydrogen) atoms. The summed E-state index contributed by atoms with van der Waals surface area (Å²) in [6.07, 6.45) is -2.84. The van der Waals surface area contributed by atoms with Crippen molar-refractivity contribution in [1.82, 2.24) is 9.13 Å². The summed E-state index contributed by atoms with van der Waals surface area (Å²) < 4.78 is 23.2. The molecule has 1 fully saturated rings. The van der Waals surface area contributed by atoms with Gasteiger partial charge in [0.05, 0.1) is 0 Å². The summed E-state index contributed by atoms with van der Waals surface area (Å²) in [5, 5.41) is 9.93. The minimum absolute atomic E-state index is 0.362. The first-order valence-electron chi connectivity index (χ1n) is 10.6. The van der Waals surface area contributed by atoms with E-state index in [1.165, 1.54) is 21.0 Å². The number of aromatic nitrogens is 2. The minimum atomic E-state index is -1.34. The maximum Gasteiger partial charge on any atom is 0.333 e. The molecule has 198 valence electrons.